The van der Waals surface area contributed by atoms with Crippen molar-refractivity contribution in [1.82, 2.24) is 9.88 Å². The monoisotopic (exact) mass is 437 g/mol. The van der Waals surface area contributed by atoms with Crippen molar-refractivity contribution in [2.75, 3.05) is 57.5 Å². The predicted molar refractivity (Wildman–Crippen MR) is 114 cm³/mol. The molecule has 0 saturated carbocycles. The van der Waals surface area contributed by atoms with Crippen LogP contribution in [0.4, 0.5) is 5.13 Å². The first-order valence-corrected chi connectivity index (χ1v) is 10.9. The van der Waals surface area contributed by atoms with E-state index < -0.39 is 0 Å². The number of amides is 1. The van der Waals surface area contributed by atoms with Crippen LogP contribution in [-0.2, 0) is 19.0 Å². The smallest absolute Gasteiger partial charge is 0.298 e. The molecular weight excluding hydrogens is 414 g/mol. The Labute approximate surface area is 178 Å². The van der Waals surface area contributed by atoms with E-state index in [9.17, 15) is 4.79 Å². The summed E-state index contributed by atoms with van der Waals surface area (Å²) >= 11 is 7.80. The molecule has 0 unspecified atom stereocenters. The van der Waals surface area contributed by atoms with Gasteiger partial charge in [0, 0.05) is 26.2 Å². The van der Waals surface area contributed by atoms with Gasteiger partial charge in [0.15, 0.2) is 5.13 Å². The molecule has 1 amide bonds. The standard InChI is InChI=1S/C20H24ClN3O4S/c1-14-3-4-15(21)18-17(14)22-20(29-18)24(19(25)16-13-27-11-12-28-16)6-2-5-23-7-9-26-10-8-23/h3-4,13H,2,5-12H2,1H3. The number of anilines is 1. The van der Waals surface area contributed by atoms with Crippen molar-refractivity contribution in [3.05, 3.63) is 34.7 Å². The van der Waals surface area contributed by atoms with E-state index in [1.165, 1.54) is 17.6 Å². The van der Waals surface area contributed by atoms with Gasteiger partial charge in [-0.3, -0.25) is 14.6 Å². The van der Waals surface area contributed by atoms with Gasteiger partial charge in [0.05, 0.1) is 28.5 Å². The number of halogens is 1. The first-order chi connectivity index (χ1) is 14.1. The van der Waals surface area contributed by atoms with Crippen molar-refractivity contribution in [3.63, 3.8) is 0 Å². The Morgan fingerprint density at radius 1 is 1.28 bits per heavy atom. The summed E-state index contributed by atoms with van der Waals surface area (Å²) in [4.78, 5) is 22.0. The predicted octanol–water partition coefficient (Wildman–Crippen LogP) is 3.20. The quantitative estimate of drug-likeness (QED) is 0.691. The summed E-state index contributed by atoms with van der Waals surface area (Å²) in [5.41, 5.74) is 1.86. The lowest BCUT2D eigenvalue weighted by Crippen LogP contribution is -2.40. The number of ether oxygens (including phenoxy) is 3. The van der Waals surface area contributed by atoms with Gasteiger partial charge in [-0.25, -0.2) is 4.98 Å². The molecule has 0 atom stereocenters. The van der Waals surface area contributed by atoms with Crippen LogP contribution >= 0.6 is 22.9 Å². The van der Waals surface area contributed by atoms with Crippen LogP contribution in [0, 0.1) is 6.92 Å². The van der Waals surface area contributed by atoms with Gasteiger partial charge in [-0.2, -0.15) is 0 Å². The number of rotatable bonds is 6. The number of carbonyl (C=O) groups excluding carboxylic acids is 1. The molecule has 0 aliphatic carbocycles. The van der Waals surface area contributed by atoms with Gasteiger partial charge in [-0.15, -0.1) is 0 Å². The Balaban J connectivity index is 1.57. The number of aryl methyl sites for hydroxylation is 1. The lowest BCUT2D eigenvalue weighted by Gasteiger charge is -2.28. The van der Waals surface area contributed by atoms with Crippen molar-refractivity contribution < 1.29 is 19.0 Å². The molecule has 1 fully saturated rings. The van der Waals surface area contributed by atoms with E-state index in [0.717, 1.165) is 55.0 Å². The Bertz CT molecular complexity index is 872. The summed E-state index contributed by atoms with van der Waals surface area (Å²) < 4.78 is 17.1. The van der Waals surface area contributed by atoms with Crippen LogP contribution < -0.4 is 4.90 Å². The van der Waals surface area contributed by atoms with Crippen LogP contribution in [0.3, 0.4) is 0 Å². The van der Waals surface area contributed by atoms with Crippen molar-refractivity contribution in [2.24, 2.45) is 0 Å². The molecule has 2 aliphatic heterocycles. The zero-order valence-electron chi connectivity index (χ0n) is 16.4. The zero-order valence-corrected chi connectivity index (χ0v) is 17.9. The summed E-state index contributed by atoms with van der Waals surface area (Å²) in [5, 5.41) is 1.27. The van der Waals surface area contributed by atoms with Gasteiger partial charge in [-0.1, -0.05) is 29.0 Å². The third kappa shape index (κ3) is 4.66. The highest BCUT2D eigenvalue weighted by Crippen LogP contribution is 2.36. The Morgan fingerprint density at radius 3 is 2.83 bits per heavy atom. The minimum atomic E-state index is -0.237. The van der Waals surface area contributed by atoms with Crippen molar-refractivity contribution in [2.45, 2.75) is 13.3 Å². The SMILES string of the molecule is Cc1ccc(Cl)c2sc(N(CCCN3CCOCC3)C(=O)C3=COCCO3)nc12. The van der Waals surface area contributed by atoms with E-state index >= 15 is 0 Å². The lowest BCUT2D eigenvalue weighted by molar-refractivity contribution is -0.119. The Morgan fingerprint density at radius 2 is 2.10 bits per heavy atom. The van der Waals surface area contributed by atoms with Crippen LogP contribution in [0.2, 0.25) is 5.02 Å². The van der Waals surface area contributed by atoms with Crippen LogP contribution in [0.15, 0.2) is 24.2 Å². The number of hydrogen-bond acceptors (Lipinski definition) is 7. The molecule has 9 heteroatoms. The van der Waals surface area contributed by atoms with Crippen molar-refractivity contribution in [1.29, 1.82) is 0 Å². The van der Waals surface area contributed by atoms with E-state index in [-0.39, 0.29) is 11.7 Å². The fourth-order valence-corrected chi connectivity index (χ4v) is 4.72. The van der Waals surface area contributed by atoms with E-state index in [2.05, 4.69) is 4.90 Å². The van der Waals surface area contributed by atoms with Crippen LogP contribution in [0.25, 0.3) is 10.2 Å². The lowest BCUT2D eigenvalue weighted by atomic mass is 10.2. The third-order valence-electron chi connectivity index (χ3n) is 4.98. The van der Waals surface area contributed by atoms with E-state index in [4.69, 9.17) is 30.8 Å². The first kappa shape index (κ1) is 20.4. The number of aromatic nitrogens is 1. The number of carbonyl (C=O) groups is 1. The number of morpholine rings is 1. The first-order valence-electron chi connectivity index (χ1n) is 9.75. The molecule has 1 aromatic carbocycles. The second kappa shape index (κ2) is 9.30. The van der Waals surface area contributed by atoms with Crippen LogP contribution in [0.1, 0.15) is 12.0 Å². The number of fused-ring (bicyclic) bond motifs is 1. The molecular formula is C20H24ClN3O4S. The topological polar surface area (TPSA) is 64.1 Å². The maximum atomic E-state index is 13.2. The number of benzene rings is 1. The highest BCUT2D eigenvalue weighted by Gasteiger charge is 2.27. The average molecular weight is 438 g/mol. The fraction of sp³-hybridized carbons (Fsp3) is 0.500. The highest BCUT2D eigenvalue weighted by molar-refractivity contribution is 7.23. The summed E-state index contributed by atoms with van der Waals surface area (Å²) in [6, 6.07) is 3.81. The Hall–Kier alpha value is -1.87. The van der Waals surface area contributed by atoms with Gasteiger partial charge in [-0.05, 0) is 25.0 Å². The molecule has 2 aromatic rings. The van der Waals surface area contributed by atoms with E-state index in [1.54, 1.807) is 4.90 Å². The van der Waals surface area contributed by atoms with Gasteiger partial charge < -0.3 is 14.2 Å². The van der Waals surface area contributed by atoms with Crippen LogP contribution in [-0.4, -0.2) is 68.4 Å². The molecule has 156 valence electrons. The minimum Gasteiger partial charge on any atom is -0.494 e. The highest BCUT2D eigenvalue weighted by atomic mass is 35.5. The molecule has 0 radical (unpaired) electrons. The number of nitrogens with zero attached hydrogens (tertiary/aromatic N) is 3. The van der Waals surface area contributed by atoms with Crippen molar-refractivity contribution >= 4 is 44.2 Å². The summed E-state index contributed by atoms with van der Waals surface area (Å²) in [5.74, 6) is -0.0239. The summed E-state index contributed by atoms with van der Waals surface area (Å²) in [6.07, 6.45) is 2.22. The maximum absolute atomic E-state index is 13.2. The third-order valence-corrected chi connectivity index (χ3v) is 6.52. The molecule has 2 aliphatic rings. The molecule has 4 rings (SSSR count). The molecule has 0 spiro atoms. The van der Waals surface area contributed by atoms with Gasteiger partial charge >= 0.3 is 0 Å². The van der Waals surface area contributed by atoms with Crippen LogP contribution in [0.5, 0.6) is 0 Å². The number of hydrogen-bond donors (Lipinski definition) is 0. The molecule has 1 saturated heterocycles. The molecule has 29 heavy (non-hydrogen) atoms. The van der Waals surface area contributed by atoms with E-state index in [0.29, 0.717) is 29.9 Å². The zero-order chi connectivity index (χ0) is 20.2. The molecule has 0 bridgehead atoms. The van der Waals surface area contributed by atoms with Gasteiger partial charge in [0.25, 0.3) is 5.91 Å². The fourth-order valence-electron chi connectivity index (χ4n) is 3.38. The minimum absolute atomic E-state index is 0.213. The molecule has 0 N–H and O–H groups in total. The largest absolute Gasteiger partial charge is 0.494 e. The van der Waals surface area contributed by atoms with Crippen molar-refractivity contribution in [3.8, 4) is 0 Å². The Kier molecular flexibility index (Phi) is 6.54. The molecule has 7 nitrogen and oxygen atoms in total. The summed E-state index contributed by atoms with van der Waals surface area (Å²) in [7, 11) is 0. The van der Waals surface area contributed by atoms with Gasteiger partial charge in [0.1, 0.15) is 19.5 Å². The second-order valence-electron chi connectivity index (χ2n) is 7.00. The molecule has 3 heterocycles. The average Bonchev–Trinajstić information content (AvgIpc) is 3.21. The van der Waals surface area contributed by atoms with Gasteiger partial charge in [0.2, 0.25) is 5.76 Å². The second-order valence-corrected chi connectivity index (χ2v) is 8.39. The maximum Gasteiger partial charge on any atom is 0.298 e. The van der Waals surface area contributed by atoms with E-state index in [1.807, 2.05) is 19.1 Å². The normalized spacial score (nSPS) is 17.5. The molecule has 1 aromatic heterocycles. The number of thiazole rings is 1. The summed E-state index contributed by atoms with van der Waals surface area (Å²) in [6.45, 7) is 7.60.